The van der Waals surface area contributed by atoms with Crippen molar-refractivity contribution in [3.63, 3.8) is 0 Å². The maximum atomic E-state index is 10.8. The molecular formula is C10H19N3O2. The summed E-state index contributed by atoms with van der Waals surface area (Å²) in [5.41, 5.74) is 5.18. The SMILES string of the molecule is COC1CCN(C2CN(C(N)=O)C2)CC1. The monoisotopic (exact) mass is 213 g/mol. The number of carbonyl (C=O) groups excluding carboxylic acids is 1. The van der Waals surface area contributed by atoms with Crippen molar-refractivity contribution in [2.24, 2.45) is 5.73 Å². The molecule has 0 bridgehead atoms. The number of amides is 2. The molecule has 0 atom stereocenters. The normalized spacial score (nSPS) is 25.3. The molecule has 0 unspecified atom stereocenters. The molecule has 2 aliphatic heterocycles. The van der Waals surface area contributed by atoms with E-state index in [1.165, 1.54) is 0 Å². The third-order valence-electron chi connectivity index (χ3n) is 3.50. The van der Waals surface area contributed by atoms with Gasteiger partial charge in [0.1, 0.15) is 0 Å². The topological polar surface area (TPSA) is 58.8 Å². The second-order valence-corrected chi connectivity index (χ2v) is 4.37. The molecule has 0 aliphatic carbocycles. The van der Waals surface area contributed by atoms with E-state index in [1.54, 1.807) is 12.0 Å². The molecule has 2 amide bonds. The zero-order valence-corrected chi connectivity index (χ0v) is 9.19. The fraction of sp³-hybridized carbons (Fsp3) is 0.900. The van der Waals surface area contributed by atoms with Gasteiger partial charge in [0.15, 0.2) is 0 Å². The summed E-state index contributed by atoms with van der Waals surface area (Å²) in [4.78, 5) is 14.9. The van der Waals surface area contributed by atoms with E-state index in [-0.39, 0.29) is 6.03 Å². The molecule has 5 heteroatoms. The molecule has 2 fully saturated rings. The van der Waals surface area contributed by atoms with Crippen LogP contribution in [0, 0.1) is 0 Å². The van der Waals surface area contributed by atoms with Crippen molar-refractivity contribution in [1.82, 2.24) is 9.80 Å². The summed E-state index contributed by atoms with van der Waals surface area (Å²) in [5, 5.41) is 0. The minimum absolute atomic E-state index is 0.293. The summed E-state index contributed by atoms with van der Waals surface area (Å²) in [6.45, 7) is 3.76. The Balaban J connectivity index is 1.72. The summed E-state index contributed by atoms with van der Waals surface area (Å²) in [7, 11) is 1.78. The number of hydrogen-bond acceptors (Lipinski definition) is 3. The lowest BCUT2D eigenvalue weighted by Crippen LogP contribution is -2.63. The predicted molar refractivity (Wildman–Crippen MR) is 56.5 cm³/mol. The van der Waals surface area contributed by atoms with Crippen molar-refractivity contribution in [3.8, 4) is 0 Å². The van der Waals surface area contributed by atoms with Crippen LogP contribution in [0.3, 0.4) is 0 Å². The third-order valence-corrected chi connectivity index (χ3v) is 3.50. The molecule has 0 aromatic carbocycles. The van der Waals surface area contributed by atoms with E-state index < -0.39 is 0 Å². The lowest BCUT2D eigenvalue weighted by Gasteiger charge is -2.46. The Morgan fingerprint density at radius 2 is 1.93 bits per heavy atom. The zero-order valence-electron chi connectivity index (χ0n) is 9.19. The van der Waals surface area contributed by atoms with Gasteiger partial charge < -0.3 is 15.4 Å². The molecule has 0 radical (unpaired) electrons. The Morgan fingerprint density at radius 3 is 2.40 bits per heavy atom. The van der Waals surface area contributed by atoms with Gasteiger partial charge in [-0.2, -0.15) is 0 Å². The van der Waals surface area contributed by atoms with Crippen molar-refractivity contribution < 1.29 is 9.53 Å². The van der Waals surface area contributed by atoms with Crippen LogP contribution in [0.15, 0.2) is 0 Å². The van der Waals surface area contributed by atoms with Gasteiger partial charge in [-0.1, -0.05) is 0 Å². The Hall–Kier alpha value is -0.810. The summed E-state index contributed by atoms with van der Waals surface area (Å²) in [6, 6.07) is 0.230. The van der Waals surface area contributed by atoms with E-state index in [9.17, 15) is 4.79 Å². The van der Waals surface area contributed by atoms with Gasteiger partial charge in [-0.15, -0.1) is 0 Å². The first-order chi connectivity index (χ1) is 7.20. The van der Waals surface area contributed by atoms with E-state index in [4.69, 9.17) is 10.5 Å². The van der Waals surface area contributed by atoms with Crippen molar-refractivity contribution in [2.75, 3.05) is 33.3 Å². The fourth-order valence-electron chi connectivity index (χ4n) is 2.34. The number of rotatable bonds is 2. The van der Waals surface area contributed by atoms with E-state index in [2.05, 4.69) is 4.90 Å². The Morgan fingerprint density at radius 1 is 1.33 bits per heavy atom. The van der Waals surface area contributed by atoms with Crippen LogP contribution >= 0.6 is 0 Å². The van der Waals surface area contributed by atoms with Gasteiger partial charge in [-0.3, -0.25) is 4.90 Å². The van der Waals surface area contributed by atoms with E-state index in [0.717, 1.165) is 39.0 Å². The molecule has 0 saturated carbocycles. The van der Waals surface area contributed by atoms with Crippen LogP contribution in [0.4, 0.5) is 4.79 Å². The van der Waals surface area contributed by atoms with Crippen LogP contribution in [0.1, 0.15) is 12.8 Å². The van der Waals surface area contributed by atoms with Gasteiger partial charge in [0.2, 0.25) is 0 Å². The minimum atomic E-state index is -0.293. The first-order valence-corrected chi connectivity index (χ1v) is 5.52. The molecule has 15 heavy (non-hydrogen) atoms. The molecule has 5 nitrogen and oxygen atoms in total. The van der Waals surface area contributed by atoms with Crippen LogP contribution in [0.25, 0.3) is 0 Å². The molecule has 86 valence electrons. The number of primary amides is 1. The van der Waals surface area contributed by atoms with Gasteiger partial charge in [-0.05, 0) is 12.8 Å². The number of ether oxygens (including phenoxy) is 1. The Kier molecular flexibility index (Phi) is 3.11. The minimum Gasteiger partial charge on any atom is -0.381 e. The van der Waals surface area contributed by atoms with Gasteiger partial charge in [-0.25, -0.2) is 4.79 Å². The quantitative estimate of drug-likeness (QED) is 0.694. The van der Waals surface area contributed by atoms with Crippen LogP contribution in [-0.2, 0) is 4.74 Å². The molecule has 0 aromatic rings. The summed E-state index contributed by atoms with van der Waals surface area (Å²) >= 11 is 0. The largest absolute Gasteiger partial charge is 0.381 e. The number of likely N-dealkylation sites (tertiary alicyclic amines) is 2. The molecule has 2 N–H and O–H groups in total. The van der Waals surface area contributed by atoms with E-state index in [1.807, 2.05) is 0 Å². The number of nitrogens with zero attached hydrogens (tertiary/aromatic N) is 2. The van der Waals surface area contributed by atoms with Crippen LogP contribution in [0.2, 0.25) is 0 Å². The van der Waals surface area contributed by atoms with Gasteiger partial charge >= 0.3 is 6.03 Å². The number of urea groups is 1. The lowest BCUT2D eigenvalue weighted by atomic mass is 10.0. The molecule has 2 heterocycles. The van der Waals surface area contributed by atoms with Crippen molar-refractivity contribution >= 4 is 6.03 Å². The maximum Gasteiger partial charge on any atom is 0.314 e. The predicted octanol–water partition coefficient (Wildman–Crippen LogP) is -0.140. The summed E-state index contributed by atoms with van der Waals surface area (Å²) in [6.07, 6.45) is 2.63. The van der Waals surface area contributed by atoms with Crippen LogP contribution in [0.5, 0.6) is 0 Å². The first-order valence-electron chi connectivity index (χ1n) is 5.52. The third kappa shape index (κ3) is 2.23. The molecule has 2 rings (SSSR count). The number of hydrogen-bond donors (Lipinski definition) is 1. The lowest BCUT2D eigenvalue weighted by molar-refractivity contribution is -0.00418. The highest BCUT2D eigenvalue weighted by Gasteiger charge is 2.35. The molecule has 0 spiro atoms. The molecule has 0 aromatic heterocycles. The van der Waals surface area contributed by atoms with Crippen molar-refractivity contribution in [1.29, 1.82) is 0 Å². The van der Waals surface area contributed by atoms with E-state index >= 15 is 0 Å². The highest BCUT2D eigenvalue weighted by Crippen LogP contribution is 2.20. The second kappa shape index (κ2) is 4.37. The van der Waals surface area contributed by atoms with Crippen molar-refractivity contribution in [3.05, 3.63) is 0 Å². The number of methoxy groups -OCH3 is 1. The average Bonchev–Trinajstić information content (AvgIpc) is 2.16. The van der Waals surface area contributed by atoms with Crippen molar-refractivity contribution in [2.45, 2.75) is 25.0 Å². The van der Waals surface area contributed by atoms with Gasteiger partial charge in [0.05, 0.1) is 6.10 Å². The summed E-state index contributed by atoms with van der Waals surface area (Å²) < 4.78 is 5.32. The highest BCUT2D eigenvalue weighted by atomic mass is 16.5. The molecule has 2 saturated heterocycles. The fourth-order valence-corrected chi connectivity index (χ4v) is 2.34. The summed E-state index contributed by atoms with van der Waals surface area (Å²) in [5.74, 6) is 0. The van der Waals surface area contributed by atoms with E-state index in [0.29, 0.717) is 12.1 Å². The highest BCUT2D eigenvalue weighted by molar-refractivity contribution is 5.73. The first kappa shape index (κ1) is 10.7. The second-order valence-electron chi connectivity index (χ2n) is 4.37. The number of nitrogens with two attached hydrogens (primary N) is 1. The number of carbonyl (C=O) groups is 1. The number of piperidine rings is 1. The van der Waals surface area contributed by atoms with Gasteiger partial charge in [0, 0.05) is 39.3 Å². The Bertz CT molecular complexity index is 233. The van der Waals surface area contributed by atoms with Crippen LogP contribution in [-0.4, -0.2) is 61.3 Å². The van der Waals surface area contributed by atoms with Gasteiger partial charge in [0.25, 0.3) is 0 Å². The zero-order chi connectivity index (χ0) is 10.8. The maximum absolute atomic E-state index is 10.8. The molecule has 2 aliphatic rings. The van der Waals surface area contributed by atoms with Crippen LogP contribution < -0.4 is 5.73 Å². The average molecular weight is 213 g/mol. The standard InChI is InChI=1S/C10H19N3O2/c1-15-9-2-4-12(5-3-9)8-6-13(7-8)10(11)14/h8-9H,2-7H2,1H3,(H2,11,14). The smallest absolute Gasteiger partial charge is 0.314 e. The Labute approximate surface area is 90.1 Å². The molecular weight excluding hydrogens is 194 g/mol.